The van der Waals surface area contributed by atoms with Gasteiger partial charge in [0.15, 0.2) is 0 Å². The van der Waals surface area contributed by atoms with Crippen molar-refractivity contribution >= 4 is 27.1 Å². The normalized spacial score (nSPS) is 12.1. The van der Waals surface area contributed by atoms with E-state index in [2.05, 4.69) is 14.9 Å². The quantitative estimate of drug-likeness (QED) is 0.564. The van der Waals surface area contributed by atoms with E-state index in [1.54, 1.807) is 19.1 Å². The lowest BCUT2D eigenvalue weighted by Gasteiger charge is -2.07. The maximum atomic E-state index is 12.4. The van der Waals surface area contributed by atoms with E-state index in [-0.39, 0.29) is 4.90 Å². The number of benzene rings is 2. The molecule has 0 unspecified atom stereocenters. The van der Waals surface area contributed by atoms with E-state index in [4.69, 9.17) is 0 Å². The van der Waals surface area contributed by atoms with Gasteiger partial charge >= 0.3 is 0 Å². The van der Waals surface area contributed by atoms with Crippen LogP contribution in [-0.2, 0) is 10.0 Å². The van der Waals surface area contributed by atoms with Gasteiger partial charge in [0.25, 0.3) is 10.0 Å². The van der Waals surface area contributed by atoms with Gasteiger partial charge in [-0.3, -0.25) is 0 Å². The van der Waals surface area contributed by atoms with E-state index >= 15 is 0 Å². The zero-order valence-electron chi connectivity index (χ0n) is 13.8. The van der Waals surface area contributed by atoms with Gasteiger partial charge in [-0.05, 0) is 44.0 Å². The second-order valence-corrected chi connectivity index (χ2v) is 7.46. The summed E-state index contributed by atoms with van der Waals surface area (Å²) in [6.07, 6.45) is 1.54. The second kappa shape index (κ2) is 6.13. The highest BCUT2D eigenvalue weighted by Gasteiger charge is 2.16. The summed E-state index contributed by atoms with van der Waals surface area (Å²) in [6, 6.07) is 13.1. The van der Waals surface area contributed by atoms with Crippen LogP contribution in [0.3, 0.4) is 0 Å². The Balaban J connectivity index is 1.90. The number of para-hydroxylation sites is 1. The van der Waals surface area contributed by atoms with E-state index in [0.29, 0.717) is 5.56 Å². The van der Waals surface area contributed by atoms with Crippen molar-refractivity contribution in [2.45, 2.75) is 25.7 Å². The van der Waals surface area contributed by atoms with Crippen molar-refractivity contribution in [3.63, 3.8) is 0 Å². The maximum absolute atomic E-state index is 12.4. The summed E-state index contributed by atoms with van der Waals surface area (Å²) >= 11 is 0. The third-order valence-electron chi connectivity index (χ3n) is 3.94. The number of nitrogens with one attached hydrogen (secondary N) is 2. The number of rotatable bonds is 4. The Labute approximate surface area is 141 Å². The van der Waals surface area contributed by atoms with E-state index in [1.165, 1.54) is 6.21 Å². The van der Waals surface area contributed by atoms with Gasteiger partial charge in [0.1, 0.15) is 0 Å². The molecule has 0 bridgehead atoms. The topological polar surface area (TPSA) is 74.3 Å². The number of hydrazone groups is 1. The van der Waals surface area contributed by atoms with Crippen LogP contribution in [0, 0.1) is 20.8 Å². The van der Waals surface area contributed by atoms with E-state index in [9.17, 15) is 8.42 Å². The Bertz CT molecular complexity index is 1030. The number of H-pyrrole nitrogens is 1. The number of aromatic amines is 1. The lowest BCUT2D eigenvalue weighted by molar-refractivity contribution is 0.584. The van der Waals surface area contributed by atoms with Gasteiger partial charge in [-0.25, -0.2) is 4.83 Å². The third kappa shape index (κ3) is 3.05. The van der Waals surface area contributed by atoms with Gasteiger partial charge in [-0.1, -0.05) is 30.3 Å². The molecule has 2 N–H and O–H groups in total. The van der Waals surface area contributed by atoms with Gasteiger partial charge in [0.05, 0.1) is 11.1 Å². The summed E-state index contributed by atoms with van der Waals surface area (Å²) < 4.78 is 24.9. The fourth-order valence-electron chi connectivity index (χ4n) is 2.67. The minimum Gasteiger partial charge on any atom is -0.358 e. The Morgan fingerprint density at radius 3 is 2.62 bits per heavy atom. The molecule has 0 saturated carbocycles. The summed E-state index contributed by atoms with van der Waals surface area (Å²) in [7, 11) is -3.69. The third-order valence-corrected chi connectivity index (χ3v) is 5.31. The first-order valence-electron chi connectivity index (χ1n) is 7.58. The fourth-order valence-corrected chi connectivity index (χ4v) is 3.79. The molecule has 0 atom stereocenters. The molecular formula is C18H19N3O2S. The van der Waals surface area contributed by atoms with E-state index in [0.717, 1.165) is 27.7 Å². The largest absolute Gasteiger partial charge is 0.358 e. The molecule has 0 saturated heterocycles. The van der Waals surface area contributed by atoms with Crippen LogP contribution in [0.5, 0.6) is 0 Å². The second-order valence-electron chi connectivity index (χ2n) is 5.83. The average molecular weight is 341 g/mol. The molecule has 24 heavy (non-hydrogen) atoms. The zero-order valence-corrected chi connectivity index (χ0v) is 14.6. The number of nitrogens with zero attached hydrogens (tertiary/aromatic N) is 1. The minimum atomic E-state index is -3.69. The molecule has 0 aliphatic heterocycles. The molecule has 0 aliphatic carbocycles. The molecule has 3 aromatic rings. The lowest BCUT2D eigenvalue weighted by atomic mass is 10.1. The number of sulfonamides is 1. The van der Waals surface area contributed by atoms with Gasteiger partial charge < -0.3 is 4.98 Å². The molecule has 0 amide bonds. The molecule has 1 heterocycles. The van der Waals surface area contributed by atoms with Crippen LogP contribution in [0.1, 0.15) is 22.4 Å². The molecule has 1 aromatic heterocycles. The first kappa shape index (κ1) is 16.3. The Morgan fingerprint density at radius 1 is 1.08 bits per heavy atom. The van der Waals surface area contributed by atoms with Crippen LogP contribution < -0.4 is 4.83 Å². The highest BCUT2D eigenvalue weighted by Crippen LogP contribution is 2.20. The van der Waals surface area contributed by atoms with Crippen LogP contribution in [0.15, 0.2) is 52.5 Å². The van der Waals surface area contributed by atoms with Crippen molar-refractivity contribution in [1.29, 1.82) is 0 Å². The van der Waals surface area contributed by atoms with Crippen LogP contribution in [-0.4, -0.2) is 19.6 Å². The maximum Gasteiger partial charge on any atom is 0.276 e. The number of fused-ring (bicyclic) bond motifs is 1. The highest BCUT2D eigenvalue weighted by atomic mass is 32.2. The standard InChI is InChI=1S/C18H19N3O2S/c1-12-8-9-13(2)18(10-12)24(22,23)21-19-11-16-14(3)20-17-7-5-4-6-15(16)17/h4-11,20-21H,1-3H3. The van der Waals surface area contributed by atoms with Crippen LogP contribution in [0.2, 0.25) is 0 Å². The van der Waals surface area contributed by atoms with E-state index < -0.39 is 10.0 Å². The van der Waals surface area contributed by atoms with Crippen molar-refractivity contribution in [2.24, 2.45) is 5.10 Å². The van der Waals surface area contributed by atoms with Crippen molar-refractivity contribution in [3.05, 3.63) is 64.8 Å². The van der Waals surface area contributed by atoms with Crippen LogP contribution in [0.25, 0.3) is 10.9 Å². The van der Waals surface area contributed by atoms with Crippen molar-refractivity contribution in [2.75, 3.05) is 0 Å². The number of hydrogen-bond acceptors (Lipinski definition) is 3. The van der Waals surface area contributed by atoms with Crippen molar-refractivity contribution < 1.29 is 8.42 Å². The molecule has 0 fully saturated rings. The van der Waals surface area contributed by atoms with Crippen LogP contribution >= 0.6 is 0 Å². The number of aromatic nitrogens is 1. The molecule has 2 aromatic carbocycles. The van der Waals surface area contributed by atoms with E-state index in [1.807, 2.05) is 44.2 Å². The van der Waals surface area contributed by atoms with Gasteiger partial charge in [-0.2, -0.15) is 13.5 Å². The lowest BCUT2D eigenvalue weighted by Crippen LogP contribution is -2.19. The van der Waals surface area contributed by atoms with Gasteiger partial charge in [0.2, 0.25) is 0 Å². The highest BCUT2D eigenvalue weighted by molar-refractivity contribution is 7.89. The van der Waals surface area contributed by atoms with Crippen LogP contribution in [0.4, 0.5) is 0 Å². The molecule has 6 heteroatoms. The summed E-state index contributed by atoms with van der Waals surface area (Å²) in [5.41, 5.74) is 4.37. The summed E-state index contributed by atoms with van der Waals surface area (Å²) in [6.45, 7) is 5.55. The smallest absolute Gasteiger partial charge is 0.276 e. The van der Waals surface area contributed by atoms with Crippen molar-refractivity contribution in [1.82, 2.24) is 9.82 Å². The predicted octanol–water partition coefficient (Wildman–Crippen LogP) is 3.41. The van der Waals surface area contributed by atoms with Gasteiger partial charge in [-0.15, -0.1) is 0 Å². The molecular weight excluding hydrogens is 322 g/mol. The molecule has 0 aliphatic rings. The Morgan fingerprint density at radius 2 is 1.83 bits per heavy atom. The first-order chi connectivity index (χ1) is 11.4. The molecule has 124 valence electrons. The van der Waals surface area contributed by atoms with Gasteiger partial charge in [0, 0.05) is 22.2 Å². The zero-order chi connectivity index (χ0) is 17.3. The first-order valence-corrected chi connectivity index (χ1v) is 9.06. The molecule has 3 rings (SSSR count). The SMILES string of the molecule is Cc1ccc(C)c(S(=O)(=O)NN=Cc2c(C)[nH]c3ccccc23)c1. The molecule has 0 radical (unpaired) electrons. The average Bonchev–Trinajstić information content (AvgIpc) is 2.85. The number of aryl methyl sites for hydroxylation is 3. The minimum absolute atomic E-state index is 0.246. The Hall–Kier alpha value is -2.60. The summed E-state index contributed by atoms with van der Waals surface area (Å²) in [4.78, 5) is 5.80. The number of hydrogen-bond donors (Lipinski definition) is 2. The molecule has 0 spiro atoms. The van der Waals surface area contributed by atoms with Crippen molar-refractivity contribution in [3.8, 4) is 0 Å². The fraction of sp³-hybridized carbons (Fsp3) is 0.167. The monoisotopic (exact) mass is 341 g/mol. The summed E-state index contributed by atoms with van der Waals surface area (Å²) in [5.74, 6) is 0. The predicted molar refractivity (Wildman–Crippen MR) is 96.9 cm³/mol. The molecule has 5 nitrogen and oxygen atoms in total. The summed E-state index contributed by atoms with van der Waals surface area (Å²) in [5, 5.41) is 4.97. The Kier molecular flexibility index (Phi) is 4.15.